The second-order valence-corrected chi connectivity index (χ2v) is 4.75. The minimum absolute atomic E-state index is 0.0289. The number of benzene rings is 1. The Morgan fingerprint density at radius 3 is 2.63 bits per heavy atom. The van der Waals surface area contributed by atoms with Crippen molar-refractivity contribution in [3.05, 3.63) is 33.3 Å². The minimum atomic E-state index is -0.414. The molecule has 6 nitrogen and oxygen atoms in total. The van der Waals surface area contributed by atoms with E-state index in [1.807, 2.05) is 9.80 Å². The Hall–Kier alpha value is -1.84. The van der Waals surface area contributed by atoms with Gasteiger partial charge in [0.05, 0.1) is 17.5 Å². The third-order valence-corrected chi connectivity index (χ3v) is 3.38. The van der Waals surface area contributed by atoms with Gasteiger partial charge in [-0.15, -0.1) is 0 Å². The first-order chi connectivity index (χ1) is 9.11. The topological polar surface area (TPSA) is 73.4 Å². The molecule has 19 heavy (non-hydrogen) atoms. The lowest BCUT2D eigenvalue weighted by Crippen LogP contribution is -2.46. The van der Waals surface area contributed by atoms with Crippen LogP contribution >= 0.6 is 11.6 Å². The van der Waals surface area contributed by atoms with Crippen LogP contribution in [0.15, 0.2) is 18.2 Å². The maximum atomic E-state index is 11.1. The van der Waals surface area contributed by atoms with Crippen molar-refractivity contribution in [2.45, 2.75) is 0 Å². The Bertz CT molecular complexity index is 521. The van der Waals surface area contributed by atoms with E-state index in [0.717, 1.165) is 13.1 Å². The van der Waals surface area contributed by atoms with Crippen molar-refractivity contribution in [2.75, 3.05) is 37.6 Å². The monoisotopic (exact) mass is 280 g/mol. The molecular formula is C12H13ClN4O2. The van der Waals surface area contributed by atoms with Gasteiger partial charge in [0.15, 0.2) is 0 Å². The average Bonchev–Trinajstić information content (AvgIpc) is 2.40. The summed E-state index contributed by atoms with van der Waals surface area (Å²) in [7, 11) is 0. The van der Waals surface area contributed by atoms with E-state index in [2.05, 4.69) is 6.07 Å². The molecule has 0 unspecified atom stereocenters. The van der Waals surface area contributed by atoms with Gasteiger partial charge in [-0.3, -0.25) is 15.0 Å². The van der Waals surface area contributed by atoms with E-state index < -0.39 is 4.92 Å². The highest BCUT2D eigenvalue weighted by molar-refractivity contribution is 6.30. The second-order valence-electron chi connectivity index (χ2n) is 4.31. The van der Waals surface area contributed by atoms with Crippen molar-refractivity contribution in [2.24, 2.45) is 0 Å². The molecule has 0 aromatic heterocycles. The molecule has 100 valence electrons. The second kappa shape index (κ2) is 5.87. The highest BCUT2D eigenvalue weighted by atomic mass is 35.5. The number of hydrogen-bond donors (Lipinski definition) is 0. The Kier molecular flexibility index (Phi) is 4.20. The minimum Gasteiger partial charge on any atom is -0.363 e. The van der Waals surface area contributed by atoms with Crippen molar-refractivity contribution >= 4 is 23.0 Å². The van der Waals surface area contributed by atoms with Gasteiger partial charge >= 0.3 is 0 Å². The molecule has 0 aliphatic carbocycles. The number of anilines is 1. The van der Waals surface area contributed by atoms with Gasteiger partial charge in [0, 0.05) is 37.3 Å². The molecule has 2 rings (SSSR count). The van der Waals surface area contributed by atoms with E-state index in [9.17, 15) is 10.1 Å². The van der Waals surface area contributed by atoms with Gasteiger partial charge < -0.3 is 4.90 Å². The van der Waals surface area contributed by atoms with Gasteiger partial charge in [0.25, 0.3) is 5.69 Å². The highest BCUT2D eigenvalue weighted by Gasteiger charge is 2.23. The van der Waals surface area contributed by atoms with Crippen LogP contribution in [0.3, 0.4) is 0 Å². The van der Waals surface area contributed by atoms with E-state index in [-0.39, 0.29) is 5.69 Å². The Labute approximate surface area is 115 Å². The van der Waals surface area contributed by atoms with Gasteiger partial charge in [-0.05, 0) is 12.1 Å². The first-order valence-electron chi connectivity index (χ1n) is 5.90. The van der Waals surface area contributed by atoms with Crippen LogP contribution in [0.2, 0.25) is 5.02 Å². The molecule has 0 spiro atoms. The van der Waals surface area contributed by atoms with Crippen molar-refractivity contribution in [3.63, 3.8) is 0 Å². The predicted octanol–water partition coefficient (Wildman–Crippen LogP) is 1.89. The largest absolute Gasteiger partial charge is 0.363 e. The molecule has 1 heterocycles. The number of rotatable bonds is 3. The summed E-state index contributed by atoms with van der Waals surface area (Å²) in [6.45, 7) is 3.20. The van der Waals surface area contributed by atoms with Crippen molar-refractivity contribution in [3.8, 4) is 6.07 Å². The van der Waals surface area contributed by atoms with E-state index in [4.69, 9.17) is 16.9 Å². The Morgan fingerprint density at radius 2 is 2.05 bits per heavy atom. The maximum absolute atomic E-state index is 11.1. The zero-order valence-electron chi connectivity index (χ0n) is 10.3. The summed E-state index contributed by atoms with van der Waals surface area (Å²) in [4.78, 5) is 14.6. The summed E-state index contributed by atoms with van der Waals surface area (Å²) in [6, 6.07) is 6.82. The first kappa shape index (κ1) is 13.6. The van der Waals surface area contributed by atoms with Crippen LogP contribution < -0.4 is 4.90 Å². The summed E-state index contributed by atoms with van der Waals surface area (Å²) in [6.07, 6.45) is 0. The summed E-state index contributed by atoms with van der Waals surface area (Å²) in [5, 5.41) is 20.0. The first-order valence-corrected chi connectivity index (χ1v) is 6.28. The van der Waals surface area contributed by atoms with Gasteiger partial charge in [-0.25, -0.2) is 0 Å². The molecule has 0 saturated carbocycles. The molecule has 1 saturated heterocycles. The molecule has 0 radical (unpaired) electrons. The maximum Gasteiger partial charge on any atom is 0.294 e. The van der Waals surface area contributed by atoms with Gasteiger partial charge in [-0.1, -0.05) is 11.6 Å². The van der Waals surface area contributed by atoms with Crippen molar-refractivity contribution in [1.82, 2.24) is 4.90 Å². The zero-order valence-corrected chi connectivity index (χ0v) is 11.0. The van der Waals surface area contributed by atoms with Crippen LogP contribution in [-0.4, -0.2) is 42.5 Å². The fourth-order valence-corrected chi connectivity index (χ4v) is 2.32. The Morgan fingerprint density at radius 1 is 1.37 bits per heavy atom. The lowest BCUT2D eigenvalue weighted by molar-refractivity contribution is -0.384. The molecule has 1 aromatic carbocycles. The van der Waals surface area contributed by atoms with E-state index in [0.29, 0.717) is 30.3 Å². The van der Waals surface area contributed by atoms with Gasteiger partial charge in [0.2, 0.25) is 0 Å². The number of halogens is 1. The smallest absolute Gasteiger partial charge is 0.294 e. The van der Waals surface area contributed by atoms with Crippen LogP contribution in [0.25, 0.3) is 0 Å². The highest BCUT2D eigenvalue weighted by Crippen LogP contribution is 2.31. The molecule has 0 N–H and O–H groups in total. The fraction of sp³-hybridized carbons (Fsp3) is 0.417. The summed E-state index contributed by atoms with van der Waals surface area (Å²) in [5.41, 5.74) is 0.618. The Balaban J connectivity index is 2.16. The number of nitrogens with zero attached hydrogens (tertiary/aromatic N) is 4. The van der Waals surface area contributed by atoms with Gasteiger partial charge in [0.1, 0.15) is 5.69 Å². The molecule has 0 bridgehead atoms. The number of hydrogen-bond acceptors (Lipinski definition) is 5. The van der Waals surface area contributed by atoms with Crippen LogP contribution in [0.4, 0.5) is 11.4 Å². The molecule has 1 aromatic rings. The van der Waals surface area contributed by atoms with Crippen LogP contribution in [0.1, 0.15) is 0 Å². The quantitative estimate of drug-likeness (QED) is 0.480. The predicted molar refractivity (Wildman–Crippen MR) is 72.4 cm³/mol. The number of piperazine rings is 1. The standard InChI is InChI=1S/C12H13ClN4O2/c13-10-1-2-11(12(9-10)17(18)19)16-7-5-15(4-3-14)6-8-16/h1-2,9H,4-8H2. The van der Waals surface area contributed by atoms with Crippen molar-refractivity contribution in [1.29, 1.82) is 5.26 Å². The molecular weight excluding hydrogens is 268 g/mol. The van der Waals surface area contributed by atoms with E-state index >= 15 is 0 Å². The fourth-order valence-electron chi connectivity index (χ4n) is 2.16. The van der Waals surface area contributed by atoms with Crippen LogP contribution in [-0.2, 0) is 0 Å². The molecule has 7 heteroatoms. The number of nitro benzene ring substituents is 1. The normalized spacial score (nSPS) is 16.1. The number of nitro groups is 1. The third kappa shape index (κ3) is 3.13. The van der Waals surface area contributed by atoms with Crippen LogP contribution in [0.5, 0.6) is 0 Å². The molecule has 1 fully saturated rings. The van der Waals surface area contributed by atoms with Crippen LogP contribution in [0, 0.1) is 21.4 Å². The SMILES string of the molecule is N#CCN1CCN(c2ccc(Cl)cc2[N+](=O)[O-])CC1. The van der Waals surface area contributed by atoms with E-state index in [1.165, 1.54) is 6.07 Å². The lowest BCUT2D eigenvalue weighted by atomic mass is 10.2. The van der Waals surface area contributed by atoms with Gasteiger partial charge in [-0.2, -0.15) is 5.26 Å². The molecule has 1 aliphatic heterocycles. The lowest BCUT2D eigenvalue weighted by Gasteiger charge is -2.34. The average molecular weight is 281 g/mol. The number of nitriles is 1. The third-order valence-electron chi connectivity index (χ3n) is 3.14. The van der Waals surface area contributed by atoms with E-state index in [1.54, 1.807) is 12.1 Å². The summed E-state index contributed by atoms with van der Waals surface area (Å²) >= 11 is 5.80. The summed E-state index contributed by atoms with van der Waals surface area (Å²) < 4.78 is 0. The molecule has 0 amide bonds. The zero-order chi connectivity index (χ0) is 13.8. The summed E-state index contributed by atoms with van der Waals surface area (Å²) in [5.74, 6) is 0. The van der Waals surface area contributed by atoms with Crippen molar-refractivity contribution < 1.29 is 4.92 Å². The molecule has 0 atom stereocenters. The molecule has 1 aliphatic rings.